The van der Waals surface area contributed by atoms with Gasteiger partial charge in [-0.15, -0.1) is 9.98 Å². The molecule has 0 aliphatic heterocycles. The Morgan fingerprint density at radius 1 is 1.09 bits per heavy atom. The van der Waals surface area contributed by atoms with Gasteiger partial charge in [0.2, 0.25) is 12.4 Å². The Bertz CT molecular complexity index is 237. The van der Waals surface area contributed by atoms with Gasteiger partial charge in [-0.1, -0.05) is 0 Å². The third-order valence-corrected chi connectivity index (χ3v) is 0.530. The lowest BCUT2D eigenvalue weighted by molar-refractivity contribution is 0.528. The van der Waals surface area contributed by atoms with Crippen molar-refractivity contribution in [2.45, 2.75) is 0 Å². The van der Waals surface area contributed by atoms with Gasteiger partial charge in [-0.3, -0.25) is 0 Å². The van der Waals surface area contributed by atoms with E-state index in [-0.39, 0.29) is 0 Å². The lowest BCUT2D eigenvalue weighted by atomic mass is 11.0. The van der Waals surface area contributed by atoms with Crippen LogP contribution in [0.4, 0.5) is 0 Å². The van der Waals surface area contributed by atoms with Crippen LogP contribution in [-0.2, 0) is 4.74 Å². The number of rotatable bonds is 0. The van der Waals surface area contributed by atoms with Crippen molar-refractivity contribution in [2.24, 2.45) is 21.5 Å². The first-order chi connectivity index (χ1) is 5.20. The molecule has 0 fully saturated rings. The molecule has 0 rings (SSSR count). The Labute approximate surface area is 62.2 Å². The highest BCUT2D eigenvalue weighted by Crippen LogP contribution is 1.75. The van der Waals surface area contributed by atoms with E-state index in [4.69, 9.17) is 22.0 Å². The molecule has 7 heteroatoms. The average molecular weight is 152 g/mol. The van der Waals surface area contributed by atoms with Gasteiger partial charge in [0.1, 0.15) is 0 Å². The molecule has 0 heterocycles. The molecule has 0 atom stereocenters. The molecule has 0 saturated carbocycles. The summed E-state index contributed by atoms with van der Waals surface area (Å²) in [5, 5.41) is 15.9. The summed E-state index contributed by atoms with van der Waals surface area (Å²) in [6, 6.07) is -0.909. The van der Waals surface area contributed by atoms with Crippen LogP contribution in [0.2, 0.25) is 0 Å². The van der Waals surface area contributed by atoms with E-state index in [9.17, 15) is 0 Å². The summed E-state index contributed by atoms with van der Waals surface area (Å²) in [5.74, 6) is 0. The number of hydrogen-bond acceptors (Lipinski definition) is 5. The van der Waals surface area contributed by atoms with E-state index < -0.39 is 12.0 Å². The summed E-state index contributed by atoms with van der Waals surface area (Å²) in [4.78, 5) is 5.91. The van der Waals surface area contributed by atoms with Crippen molar-refractivity contribution in [3.8, 4) is 12.4 Å². The predicted molar refractivity (Wildman–Crippen MR) is 35.6 cm³/mol. The number of amidine groups is 2. The molecule has 0 saturated heterocycles. The summed E-state index contributed by atoms with van der Waals surface area (Å²) < 4.78 is 4.34. The van der Waals surface area contributed by atoms with Crippen LogP contribution in [0.3, 0.4) is 0 Å². The lowest BCUT2D eigenvalue weighted by Crippen LogP contribution is -2.25. The highest BCUT2D eigenvalue weighted by atomic mass is 16.5. The minimum Gasteiger partial charge on any atom is -0.391 e. The zero-order valence-corrected chi connectivity index (χ0v) is 5.35. The molecule has 0 aromatic heterocycles. The fourth-order valence-corrected chi connectivity index (χ4v) is 0.251. The molecule has 0 radical (unpaired) electrons. The largest absolute Gasteiger partial charge is 0.391 e. The van der Waals surface area contributed by atoms with Gasteiger partial charge in [0.25, 0.3) is 0 Å². The zero-order chi connectivity index (χ0) is 8.69. The van der Waals surface area contributed by atoms with Gasteiger partial charge in [0.15, 0.2) is 0 Å². The summed E-state index contributed by atoms with van der Waals surface area (Å²) in [6.45, 7) is 0. The van der Waals surface area contributed by atoms with Gasteiger partial charge in [-0.25, -0.2) is 0 Å². The topological polar surface area (TPSA) is 134 Å². The maximum absolute atomic E-state index is 7.94. The molecule has 0 bridgehead atoms. The molecule has 56 valence electrons. The van der Waals surface area contributed by atoms with E-state index in [1.54, 1.807) is 0 Å². The van der Waals surface area contributed by atoms with Crippen molar-refractivity contribution in [1.82, 2.24) is 0 Å². The monoisotopic (exact) mass is 152 g/mol. The minimum absolute atomic E-state index is 0.455. The SMILES string of the molecule is N#CN=C(N)OC(N)=NC#N. The number of aliphatic imine (C=N–C) groups is 2. The number of nitrogens with two attached hydrogens (primary N) is 2. The van der Waals surface area contributed by atoms with Gasteiger partial charge in [0.05, 0.1) is 0 Å². The standard InChI is InChI=1S/C4H4N6O/c5-1-9-3(7)11-4(8)10-2-6/h(H2,7,9)(H2,8,10). The Morgan fingerprint density at radius 3 is 1.73 bits per heavy atom. The number of ether oxygens (including phenoxy) is 1. The Morgan fingerprint density at radius 2 is 1.45 bits per heavy atom. The smallest absolute Gasteiger partial charge is 0.305 e. The van der Waals surface area contributed by atoms with Crippen LogP contribution >= 0.6 is 0 Å². The highest BCUT2D eigenvalue weighted by Gasteiger charge is 1.95. The fraction of sp³-hybridized carbons (Fsp3) is 0. The van der Waals surface area contributed by atoms with Crippen LogP contribution < -0.4 is 11.5 Å². The van der Waals surface area contributed by atoms with Crippen LogP contribution in [0.25, 0.3) is 0 Å². The molecule has 0 spiro atoms. The summed E-state index contributed by atoms with van der Waals surface area (Å²) >= 11 is 0. The molecule has 0 aliphatic carbocycles. The number of nitrogens with zero attached hydrogens (tertiary/aromatic N) is 4. The third-order valence-electron chi connectivity index (χ3n) is 0.530. The molecule has 7 nitrogen and oxygen atoms in total. The van der Waals surface area contributed by atoms with Gasteiger partial charge < -0.3 is 16.2 Å². The molecule has 0 aromatic carbocycles. The number of nitriles is 2. The first-order valence-electron chi connectivity index (χ1n) is 2.33. The summed E-state index contributed by atoms with van der Waals surface area (Å²) in [7, 11) is 0. The Balaban J connectivity index is 4.10. The lowest BCUT2D eigenvalue weighted by Gasteiger charge is -1.96. The van der Waals surface area contributed by atoms with E-state index >= 15 is 0 Å². The Kier molecular flexibility index (Phi) is 3.63. The highest BCUT2D eigenvalue weighted by molar-refractivity contribution is 5.88. The van der Waals surface area contributed by atoms with Gasteiger partial charge in [-0.05, 0) is 0 Å². The maximum atomic E-state index is 7.94. The van der Waals surface area contributed by atoms with Crippen molar-refractivity contribution in [3.05, 3.63) is 0 Å². The summed E-state index contributed by atoms with van der Waals surface area (Å²) in [5.41, 5.74) is 9.90. The molecule has 11 heavy (non-hydrogen) atoms. The van der Waals surface area contributed by atoms with E-state index in [1.165, 1.54) is 12.4 Å². The van der Waals surface area contributed by atoms with Crippen molar-refractivity contribution in [3.63, 3.8) is 0 Å². The average Bonchev–Trinajstić information content (AvgIpc) is 1.87. The molecule has 0 aromatic rings. The van der Waals surface area contributed by atoms with Crippen molar-refractivity contribution in [2.75, 3.05) is 0 Å². The normalized spacial score (nSPS) is 11.5. The van der Waals surface area contributed by atoms with Crippen LogP contribution in [0.1, 0.15) is 0 Å². The van der Waals surface area contributed by atoms with Crippen LogP contribution in [0.15, 0.2) is 9.98 Å². The molecule has 0 amide bonds. The maximum Gasteiger partial charge on any atom is 0.305 e. The second-order valence-electron chi connectivity index (χ2n) is 1.20. The fourth-order valence-electron chi connectivity index (χ4n) is 0.251. The molecule has 4 N–H and O–H groups in total. The molecule has 0 unspecified atom stereocenters. The van der Waals surface area contributed by atoms with E-state index in [1.807, 2.05) is 0 Å². The molecular formula is C4H4N6O. The van der Waals surface area contributed by atoms with E-state index in [0.717, 1.165) is 0 Å². The van der Waals surface area contributed by atoms with Gasteiger partial charge in [0, 0.05) is 0 Å². The zero-order valence-electron chi connectivity index (χ0n) is 5.35. The van der Waals surface area contributed by atoms with Crippen LogP contribution in [0.5, 0.6) is 0 Å². The van der Waals surface area contributed by atoms with Crippen LogP contribution in [-0.4, -0.2) is 12.0 Å². The van der Waals surface area contributed by atoms with Crippen molar-refractivity contribution in [1.29, 1.82) is 10.5 Å². The van der Waals surface area contributed by atoms with E-state index in [2.05, 4.69) is 14.7 Å². The van der Waals surface area contributed by atoms with Gasteiger partial charge >= 0.3 is 12.0 Å². The second kappa shape index (κ2) is 4.58. The molecule has 0 aliphatic rings. The van der Waals surface area contributed by atoms with Crippen LogP contribution in [0, 0.1) is 22.9 Å². The van der Waals surface area contributed by atoms with Gasteiger partial charge in [-0.2, -0.15) is 10.5 Å². The van der Waals surface area contributed by atoms with E-state index in [0.29, 0.717) is 0 Å². The Hall–Kier alpha value is -2.28. The van der Waals surface area contributed by atoms with Crippen molar-refractivity contribution >= 4 is 12.0 Å². The third kappa shape index (κ3) is 4.24. The van der Waals surface area contributed by atoms with Crippen molar-refractivity contribution < 1.29 is 4.74 Å². The first-order valence-corrected chi connectivity index (χ1v) is 2.33. The quantitative estimate of drug-likeness (QED) is 0.250. The predicted octanol–water partition coefficient (Wildman–Crippen LogP) is -1.41. The second-order valence-corrected chi connectivity index (χ2v) is 1.20. The minimum atomic E-state index is -0.455. The summed E-state index contributed by atoms with van der Waals surface area (Å²) in [6.07, 6.45) is 2.72. The number of hydrogen-bond donors (Lipinski definition) is 2. The first kappa shape index (κ1) is 8.72. The molecular weight excluding hydrogens is 148 g/mol.